The molecule has 0 bridgehead atoms. The third kappa shape index (κ3) is 3.03. The van der Waals surface area contributed by atoms with Gasteiger partial charge >= 0.3 is 6.03 Å². The molecule has 0 unspecified atom stereocenters. The monoisotopic (exact) mass is 240 g/mol. The summed E-state index contributed by atoms with van der Waals surface area (Å²) in [4.78, 5) is 34.7. The molecule has 17 heavy (non-hydrogen) atoms. The average molecular weight is 240 g/mol. The zero-order valence-electron chi connectivity index (χ0n) is 9.61. The number of hydrogen-bond donors (Lipinski definition) is 1. The lowest BCUT2D eigenvalue weighted by Gasteiger charge is -2.25. The van der Waals surface area contributed by atoms with Crippen molar-refractivity contribution in [3.05, 3.63) is 0 Å². The molecule has 6 heteroatoms. The average Bonchev–Trinajstić information content (AvgIpc) is 2.74. The maximum Gasteiger partial charge on any atom is 0.330 e. The van der Waals surface area contributed by atoms with Crippen LogP contribution in [0.1, 0.15) is 32.1 Å². The van der Waals surface area contributed by atoms with Crippen molar-refractivity contribution in [3.8, 4) is 0 Å². The zero-order valence-corrected chi connectivity index (χ0v) is 9.61. The minimum absolute atomic E-state index is 0.217. The molecule has 0 aromatic heterocycles. The third-order valence-corrected chi connectivity index (χ3v) is 3.07. The second-order valence-corrected chi connectivity index (χ2v) is 4.35. The molecule has 1 saturated heterocycles. The Morgan fingerprint density at radius 3 is 2.59 bits per heavy atom. The summed E-state index contributed by atoms with van der Waals surface area (Å²) < 4.78 is 5.57. The molecule has 1 N–H and O–H groups in total. The van der Waals surface area contributed by atoms with E-state index in [0.717, 1.165) is 17.7 Å². The van der Waals surface area contributed by atoms with Gasteiger partial charge in [0.2, 0.25) is 11.8 Å². The Balaban J connectivity index is 1.75. The number of barbiturate groups is 1. The van der Waals surface area contributed by atoms with E-state index in [9.17, 15) is 14.4 Å². The van der Waals surface area contributed by atoms with Crippen LogP contribution in [0.2, 0.25) is 0 Å². The molecule has 4 amide bonds. The van der Waals surface area contributed by atoms with Gasteiger partial charge in [-0.25, -0.2) is 4.79 Å². The van der Waals surface area contributed by atoms with E-state index >= 15 is 0 Å². The first-order chi connectivity index (χ1) is 8.16. The first kappa shape index (κ1) is 12.0. The van der Waals surface area contributed by atoms with Crippen LogP contribution in [0.25, 0.3) is 0 Å². The lowest BCUT2D eigenvalue weighted by Crippen LogP contribution is -2.53. The van der Waals surface area contributed by atoms with E-state index in [-0.39, 0.29) is 19.1 Å². The van der Waals surface area contributed by atoms with Crippen LogP contribution in [-0.4, -0.2) is 42.0 Å². The fourth-order valence-corrected chi connectivity index (χ4v) is 2.17. The molecule has 2 fully saturated rings. The van der Waals surface area contributed by atoms with Gasteiger partial charge in [-0.15, -0.1) is 0 Å². The van der Waals surface area contributed by atoms with Gasteiger partial charge < -0.3 is 4.74 Å². The van der Waals surface area contributed by atoms with E-state index < -0.39 is 17.8 Å². The largest absolute Gasteiger partial charge is 0.376 e. The van der Waals surface area contributed by atoms with Crippen molar-refractivity contribution in [1.29, 1.82) is 0 Å². The van der Waals surface area contributed by atoms with Crippen LogP contribution < -0.4 is 5.32 Å². The van der Waals surface area contributed by atoms with Crippen LogP contribution in [0.4, 0.5) is 4.79 Å². The molecule has 1 heterocycles. The Hall–Kier alpha value is -1.43. The number of urea groups is 1. The van der Waals surface area contributed by atoms with E-state index in [1.165, 1.54) is 12.8 Å². The summed E-state index contributed by atoms with van der Waals surface area (Å²) in [5.74, 6) is -0.985. The summed E-state index contributed by atoms with van der Waals surface area (Å²) in [6.45, 7) is 0.562. The fraction of sp³-hybridized carbons (Fsp3) is 0.727. The van der Waals surface area contributed by atoms with Crippen molar-refractivity contribution in [3.63, 3.8) is 0 Å². The maximum absolute atomic E-state index is 11.4. The predicted octanol–water partition coefficient (Wildman–Crippen LogP) is 0.414. The van der Waals surface area contributed by atoms with E-state index in [4.69, 9.17) is 4.74 Å². The predicted molar refractivity (Wildman–Crippen MR) is 58.1 cm³/mol. The Morgan fingerprint density at radius 1 is 1.24 bits per heavy atom. The van der Waals surface area contributed by atoms with Crippen LogP contribution in [0.5, 0.6) is 0 Å². The lowest BCUT2D eigenvalue weighted by atomic mass is 10.3. The van der Waals surface area contributed by atoms with Crippen molar-refractivity contribution in [2.75, 3.05) is 13.2 Å². The SMILES string of the molecule is O=C1CC(=O)N(CCOC2CCCC2)C(=O)N1. The van der Waals surface area contributed by atoms with Crippen molar-refractivity contribution < 1.29 is 19.1 Å². The molecular weight excluding hydrogens is 224 g/mol. The van der Waals surface area contributed by atoms with Crippen LogP contribution in [0, 0.1) is 0 Å². The minimum Gasteiger partial charge on any atom is -0.376 e. The number of ether oxygens (including phenoxy) is 1. The number of carbonyl (C=O) groups excluding carboxylic acids is 3. The number of amides is 4. The molecule has 2 aliphatic rings. The number of carbonyl (C=O) groups is 3. The quantitative estimate of drug-likeness (QED) is 0.722. The van der Waals surface area contributed by atoms with Gasteiger partial charge in [0.1, 0.15) is 6.42 Å². The van der Waals surface area contributed by atoms with Crippen molar-refractivity contribution in [1.82, 2.24) is 10.2 Å². The fourth-order valence-electron chi connectivity index (χ4n) is 2.17. The molecule has 0 spiro atoms. The standard InChI is InChI=1S/C11H16N2O4/c14-9-7-10(15)13(11(16)12-9)5-6-17-8-3-1-2-4-8/h8H,1-7H2,(H,12,14,16). The van der Waals surface area contributed by atoms with Gasteiger partial charge in [0.25, 0.3) is 0 Å². The number of nitrogens with zero attached hydrogens (tertiary/aromatic N) is 1. The van der Waals surface area contributed by atoms with Crippen LogP contribution in [0.15, 0.2) is 0 Å². The Morgan fingerprint density at radius 2 is 1.94 bits per heavy atom. The molecule has 0 radical (unpaired) electrons. The smallest absolute Gasteiger partial charge is 0.330 e. The number of rotatable bonds is 4. The minimum atomic E-state index is -0.638. The molecule has 6 nitrogen and oxygen atoms in total. The van der Waals surface area contributed by atoms with E-state index in [2.05, 4.69) is 5.32 Å². The van der Waals surface area contributed by atoms with Gasteiger partial charge in [-0.2, -0.15) is 0 Å². The van der Waals surface area contributed by atoms with Crippen LogP contribution in [-0.2, 0) is 14.3 Å². The van der Waals surface area contributed by atoms with Crippen molar-refractivity contribution in [2.45, 2.75) is 38.2 Å². The van der Waals surface area contributed by atoms with Crippen LogP contribution in [0.3, 0.4) is 0 Å². The van der Waals surface area contributed by atoms with Gasteiger partial charge in [-0.3, -0.25) is 19.8 Å². The van der Waals surface area contributed by atoms with Gasteiger partial charge in [-0.05, 0) is 12.8 Å². The normalized spacial score (nSPS) is 22.1. The summed E-state index contributed by atoms with van der Waals surface area (Å²) in [5.41, 5.74) is 0. The summed E-state index contributed by atoms with van der Waals surface area (Å²) in [7, 11) is 0. The molecule has 1 saturated carbocycles. The van der Waals surface area contributed by atoms with Gasteiger partial charge in [0.15, 0.2) is 0 Å². The summed E-state index contributed by atoms with van der Waals surface area (Å²) in [6, 6.07) is -0.638. The zero-order chi connectivity index (χ0) is 12.3. The molecule has 0 aromatic rings. The van der Waals surface area contributed by atoms with Crippen LogP contribution >= 0.6 is 0 Å². The summed E-state index contributed by atoms with van der Waals surface area (Å²) in [5, 5.41) is 2.11. The molecule has 0 aromatic carbocycles. The lowest BCUT2D eigenvalue weighted by molar-refractivity contribution is -0.136. The highest BCUT2D eigenvalue weighted by molar-refractivity contribution is 6.14. The molecule has 94 valence electrons. The first-order valence-electron chi connectivity index (χ1n) is 5.92. The third-order valence-electron chi connectivity index (χ3n) is 3.07. The second kappa shape index (κ2) is 5.27. The highest BCUT2D eigenvalue weighted by Gasteiger charge is 2.30. The number of hydrogen-bond acceptors (Lipinski definition) is 4. The van der Waals surface area contributed by atoms with Crippen molar-refractivity contribution >= 4 is 17.8 Å². The Kier molecular flexibility index (Phi) is 3.73. The summed E-state index contributed by atoms with van der Waals surface area (Å²) >= 11 is 0. The first-order valence-corrected chi connectivity index (χ1v) is 5.92. The van der Waals surface area contributed by atoms with Crippen molar-refractivity contribution in [2.24, 2.45) is 0 Å². The Bertz CT molecular complexity index is 316. The molecule has 1 aliphatic heterocycles. The molecule has 1 aliphatic carbocycles. The molecule has 0 atom stereocenters. The highest BCUT2D eigenvalue weighted by atomic mass is 16.5. The second-order valence-electron chi connectivity index (χ2n) is 4.35. The molecule has 2 rings (SSSR count). The number of imide groups is 2. The van der Waals surface area contributed by atoms with E-state index in [0.29, 0.717) is 6.61 Å². The molecular formula is C11H16N2O4. The highest BCUT2D eigenvalue weighted by Crippen LogP contribution is 2.20. The number of nitrogens with one attached hydrogen (secondary N) is 1. The topological polar surface area (TPSA) is 75.7 Å². The van der Waals surface area contributed by atoms with Gasteiger partial charge in [-0.1, -0.05) is 12.8 Å². The summed E-state index contributed by atoms with van der Waals surface area (Å²) in [6.07, 6.45) is 4.48. The van der Waals surface area contributed by atoms with E-state index in [1.54, 1.807) is 0 Å². The Labute approximate surface area is 99.3 Å². The van der Waals surface area contributed by atoms with Gasteiger partial charge in [0, 0.05) is 0 Å². The maximum atomic E-state index is 11.4. The van der Waals surface area contributed by atoms with E-state index in [1.807, 2.05) is 0 Å². The van der Waals surface area contributed by atoms with Gasteiger partial charge in [0.05, 0.1) is 19.3 Å².